The number of para-hydroxylation sites is 1. The van der Waals surface area contributed by atoms with Crippen molar-refractivity contribution in [2.45, 2.75) is 19.4 Å². The lowest BCUT2D eigenvalue weighted by Gasteiger charge is -2.29. The number of carboxylic acids is 1. The molecule has 0 saturated carbocycles. The smallest absolute Gasteiger partial charge is 0.306 e. The van der Waals surface area contributed by atoms with E-state index in [1.54, 1.807) is 18.2 Å². The first-order chi connectivity index (χ1) is 9.90. The van der Waals surface area contributed by atoms with E-state index < -0.39 is 22.1 Å². The highest BCUT2D eigenvalue weighted by atomic mass is 32.2. The topological polar surface area (TPSA) is 107 Å². The van der Waals surface area contributed by atoms with E-state index in [0.29, 0.717) is 18.4 Å². The molecule has 0 unspecified atom stereocenters. The first kappa shape index (κ1) is 15.7. The van der Waals surface area contributed by atoms with Crippen molar-refractivity contribution < 1.29 is 23.4 Å². The van der Waals surface area contributed by atoms with Gasteiger partial charge in [-0.3, -0.25) is 4.79 Å². The number of rotatable bonds is 5. The lowest BCUT2D eigenvalue weighted by molar-refractivity contribution is -0.142. The summed E-state index contributed by atoms with van der Waals surface area (Å²) in [6.07, 6.45) is 0.625. The van der Waals surface area contributed by atoms with E-state index in [1.807, 2.05) is 0 Å². The molecular weight excluding hydrogens is 296 g/mol. The van der Waals surface area contributed by atoms with Gasteiger partial charge in [-0.1, -0.05) is 18.2 Å². The second kappa shape index (κ2) is 6.42. The molecule has 8 heteroatoms. The Morgan fingerprint density at radius 1 is 1.29 bits per heavy atom. The number of nitrogens with one attached hydrogen (secondary N) is 1. The molecule has 0 aromatic heterocycles. The Morgan fingerprint density at radius 3 is 2.48 bits per heavy atom. The summed E-state index contributed by atoms with van der Waals surface area (Å²) < 4.78 is 27.9. The van der Waals surface area contributed by atoms with Crippen LogP contribution in [0.5, 0.6) is 5.75 Å². The molecule has 0 bridgehead atoms. The largest absolute Gasteiger partial charge is 0.508 e. The summed E-state index contributed by atoms with van der Waals surface area (Å²) in [7, 11) is -3.67. The average molecular weight is 314 g/mol. The normalized spacial score (nSPS) is 17.7. The molecule has 0 atom stereocenters. The number of hydrogen-bond acceptors (Lipinski definition) is 4. The van der Waals surface area contributed by atoms with Crippen molar-refractivity contribution in [3.05, 3.63) is 29.8 Å². The quantitative estimate of drug-likeness (QED) is 0.734. The maximum atomic E-state index is 12.1. The molecule has 1 aromatic carbocycles. The SMILES string of the molecule is O=C(O)C1CCN(S(=O)(=O)NCc2ccccc2O)CC1. The predicted molar refractivity (Wildman–Crippen MR) is 75.8 cm³/mol. The van der Waals surface area contributed by atoms with Gasteiger partial charge >= 0.3 is 5.97 Å². The zero-order chi connectivity index (χ0) is 15.5. The number of phenolic OH excluding ortho intramolecular Hbond substituents is 1. The minimum atomic E-state index is -3.67. The van der Waals surface area contributed by atoms with Gasteiger partial charge < -0.3 is 10.2 Å². The van der Waals surface area contributed by atoms with Crippen molar-refractivity contribution in [1.29, 1.82) is 0 Å². The Hall–Kier alpha value is -1.64. The van der Waals surface area contributed by atoms with Crippen molar-refractivity contribution in [2.24, 2.45) is 5.92 Å². The van der Waals surface area contributed by atoms with Gasteiger partial charge in [0.15, 0.2) is 0 Å². The van der Waals surface area contributed by atoms with Gasteiger partial charge in [0.2, 0.25) is 0 Å². The molecule has 7 nitrogen and oxygen atoms in total. The standard InChI is InChI=1S/C13H18N2O5S/c16-12-4-2-1-3-11(12)9-14-21(19,20)15-7-5-10(6-8-15)13(17)18/h1-4,10,14,16H,5-9H2,(H,17,18). The molecule has 1 aliphatic rings. The fourth-order valence-electron chi connectivity index (χ4n) is 2.26. The summed E-state index contributed by atoms with van der Waals surface area (Å²) in [6, 6.07) is 6.49. The van der Waals surface area contributed by atoms with Gasteiger partial charge in [0, 0.05) is 25.2 Å². The zero-order valence-corrected chi connectivity index (χ0v) is 12.2. The van der Waals surface area contributed by atoms with Crippen molar-refractivity contribution in [2.75, 3.05) is 13.1 Å². The summed E-state index contributed by atoms with van der Waals surface area (Å²) in [6.45, 7) is 0.369. The van der Waals surface area contributed by atoms with Gasteiger partial charge in [0.25, 0.3) is 10.2 Å². The zero-order valence-electron chi connectivity index (χ0n) is 11.4. The molecule has 0 radical (unpaired) electrons. The van der Waals surface area contributed by atoms with Crippen LogP contribution >= 0.6 is 0 Å². The van der Waals surface area contributed by atoms with E-state index in [0.717, 1.165) is 0 Å². The third kappa shape index (κ3) is 3.93. The van der Waals surface area contributed by atoms with Gasteiger partial charge in [-0.2, -0.15) is 17.4 Å². The van der Waals surface area contributed by atoms with E-state index in [-0.39, 0.29) is 25.4 Å². The summed E-state index contributed by atoms with van der Waals surface area (Å²) in [5.74, 6) is -1.33. The predicted octanol–water partition coefficient (Wildman–Crippen LogP) is 0.523. The molecule has 1 aromatic rings. The second-order valence-electron chi connectivity index (χ2n) is 4.97. The van der Waals surface area contributed by atoms with E-state index in [1.165, 1.54) is 10.4 Å². The fraction of sp³-hybridized carbons (Fsp3) is 0.462. The van der Waals surface area contributed by atoms with Crippen LogP contribution in [0.3, 0.4) is 0 Å². The van der Waals surface area contributed by atoms with Crippen LogP contribution in [0.4, 0.5) is 0 Å². The number of hydrogen-bond donors (Lipinski definition) is 3. The Kier molecular flexibility index (Phi) is 4.81. The average Bonchev–Trinajstić information content (AvgIpc) is 2.46. The Balaban J connectivity index is 1.94. The highest BCUT2D eigenvalue weighted by molar-refractivity contribution is 7.87. The van der Waals surface area contributed by atoms with E-state index in [2.05, 4.69) is 4.72 Å². The Labute approximate surface area is 123 Å². The van der Waals surface area contributed by atoms with Crippen LogP contribution in [0.2, 0.25) is 0 Å². The third-order valence-corrected chi connectivity index (χ3v) is 5.13. The molecule has 116 valence electrons. The monoisotopic (exact) mass is 314 g/mol. The molecule has 1 saturated heterocycles. The van der Waals surface area contributed by atoms with Gasteiger partial charge in [0.1, 0.15) is 5.75 Å². The molecule has 1 aliphatic heterocycles. The molecule has 1 fully saturated rings. The number of aliphatic carboxylic acids is 1. The number of carbonyl (C=O) groups is 1. The fourth-order valence-corrected chi connectivity index (χ4v) is 3.48. The number of phenols is 1. The number of aromatic hydroxyl groups is 1. The van der Waals surface area contributed by atoms with Gasteiger partial charge in [-0.25, -0.2) is 0 Å². The van der Waals surface area contributed by atoms with E-state index in [9.17, 15) is 18.3 Å². The van der Waals surface area contributed by atoms with E-state index in [4.69, 9.17) is 5.11 Å². The van der Waals surface area contributed by atoms with Crippen LogP contribution in [0.25, 0.3) is 0 Å². The molecular formula is C13H18N2O5S. The number of piperidine rings is 1. The molecule has 3 N–H and O–H groups in total. The highest BCUT2D eigenvalue weighted by Crippen LogP contribution is 2.20. The lowest BCUT2D eigenvalue weighted by atomic mass is 9.99. The summed E-state index contributed by atoms with van der Waals surface area (Å²) in [5, 5.41) is 18.5. The van der Waals surface area contributed by atoms with Crippen LogP contribution in [0, 0.1) is 5.92 Å². The van der Waals surface area contributed by atoms with E-state index >= 15 is 0 Å². The Bertz CT molecular complexity index is 609. The van der Waals surface area contributed by atoms with Gasteiger partial charge in [-0.15, -0.1) is 0 Å². The summed E-state index contributed by atoms with van der Waals surface area (Å²) >= 11 is 0. The van der Waals surface area contributed by atoms with Crippen LogP contribution in [-0.2, 0) is 21.5 Å². The van der Waals surface area contributed by atoms with Gasteiger partial charge in [0.05, 0.1) is 5.92 Å². The minimum absolute atomic E-state index is 0.00609. The van der Waals surface area contributed by atoms with Crippen molar-refractivity contribution in [3.8, 4) is 5.75 Å². The van der Waals surface area contributed by atoms with Crippen LogP contribution in [-0.4, -0.2) is 42.0 Å². The molecule has 21 heavy (non-hydrogen) atoms. The number of nitrogens with zero attached hydrogens (tertiary/aromatic N) is 1. The first-order valence-corrected chi connectivity index (χ1v) is 8.08. The summed E-state index contributed by atoms with van der Waals surface area (Å²) in [5.41, 5.74) is 0.487. The maximum absolute atomic E-state index is 12.1. The third-order valence-electron chi connectivity index (χ3n) is 3.58. The first-order valence-electron chi connectivity index (χ1n) is 6.64. The highest BCUT2D eigenvalue weighted by Gasteiger charge is 2.30. The molecule has 0 spiro atoms. The lowest BCUT2D eigenvalue weighted by Crippen LogP contribution is -2.45. The van der Waals surface area contributed by atoms with Crippen molar-refractivity contribution >= 4 is 16.2 Å². The number of benzene rings is 1. The van der Waals surface area contributed by atoms with Crippen LogP contribution < -0.4 is 4.72 Å². The van der Waals surface area contributed by atoms with Crippen molar-refractivity contribution in [3.63, 3.8) is 0 Å². The molecule has 0 aliphatic carbocycles. The minimum Gasteiger partial charge on any atom is -0.508 e. The number of carboxylic acid groups (broad SMARTS) is 1. The second-order valence-corrected chi connectivity index (χ2v) is 6.72. The molecule has 2 rings (SSSR count). The molecule has 0 amide bonds. The van der Waals surface area contributed by atoms with Crippen LogP contribution in [0.1, 0.15) is 18.4 Å². The maximum Gasteiger partial charge on any atom is 0.306 e. The Morgan fingerprint density at radius 2 is 1.90 bits per heavy atom. The van der Waals surface area contributed by atoms with Gasteiger partial charge in [-0.05, 0) is 18.9 Å². The van der Waals surface area contributed by atoms with Crippen molar-refractivity contribution in [1.82, 2.24) is 9.03 Å². The summed E-state index contributed by atoms with van der Waals surface area (Å²) in [4.78, 5) is 10.8. The molecule has 1 heterocycles. The van der Waals surface area contributed by atoms with Crippen LogP contribution in [0.15, 0.2) is 24.3 Å².